The normalized spacial score (nSPS) is 12.0. The minimum atomic E-state index is 0.998. The lowest BCUT2D eigenvalue weighted by molar-refractivity contribution is 0.338. The number of hydrogen-bond acceptors (Lipinski definition) is 3. The molecule has 0 N–H and O–H groups in total. The van der Waals surface area contributed by atoms with Gasteiger partial charge in [-0.1, -0.05) is 17.8 Å². The summed E-state index contributed by atoms with van der Waals surface area (Å²) in [4.78, 5) is 4.19. The summed E-state index contributed by atoms with van der Waals surface area (Å²) in [5, 5.41) is 3.04. The summed E-state index contributed by atoms with van der Waals surface area (Å²) in [7, 11) is 1.63. The summed E-state index contributed by atoms with van der Waals surface area (Å²) >= 11 is 1.60. The van der Waals surface area contributed by atoms with Crippen LogP contribution >= 0.6 is 11.8 Å². The average molecular weight is 207 g/mol. The van der Waals surface area contributed by atoms with E-state index in [4.69, 9.17) is 4.74 Å². The van der Waals surface area contributed by atoms with Crippen molar-refractivity contribution in [3.05, 3.63) is 47.7 Å². The van der Waals surface area contributed by atoms with Crippen molar-refractivity contribution < 1.29 is 4.74 Å². The second-order valence-electron chi connectivity index (χ2n) is 2.69. The van der Waals surface area contributed by atoms with Gasteiger partial charge in [0.1, 0.15) is 5.03 Å². The van der Waals surface area contributed by atoms with E-state index in [9.17, 15) is 0 Å². The summed E-state index contributed by atoms with van der Waals surface area (Å²) in [6, 6.07) is 5.86. The molecular formula is C11H13NOS. The van der Waals surface area contributed by atoms with Crippen molar-refractivity contribution in [1.29, 1.82) is 0 Å². The third-order valence-corrected chi connectivity index (χ3v) is 2.44. The van der Waals surface area contributed by atoms with Crippen LogP contribution < -0.4 is 0 Å². The largest absolute Gasteiger partial charge is 0.504 e. The Balaban J connectivity index is 2.51. The molecule has 0 aliphatic carbocycles. The highest BCUT2D eigenvalue weighted by atomic mass is 32.2. The molecule has 2 nitrogen and oxygen atoms in total. The molecule has 0 spiro atoms. The van der Waals surface area contributed by atoms with Crippen molar-refractivity contribution in [2.75, 3.05) is 7.11 Å². The van der Waals surface area contributed by atoms with E-state index in [-0.39, 0.29) is 0 Å². The van der Waals surface area contributed by atoms with Crippen LogP contribution in [0.3, 0.4) is 0 Å². The summed E-state index contributed by atoms with van der Waals surface area (Å²) in [5.74, 6) is 0. The predicted molar refractivity (Wildman–Crippen MR) is 60.0 cm³/mol. The summed E-state index contributed by atoms with van der Waals surface area (Å²) in [5.41, 5.74) is 1.14. The lowest BCUT2D eigenvalue weighted by Crippen LogP contribution is -1.74. The Hall–Kier alpha value is -1.22. The molecule has 74 valence electrons. The molecule has 0 unspecified atom stereocenters. The first kappa shape index (κ1) is 10.9. The Morgan fingerprint density at radius 2 is 2.36 bits per heavy atom. The Bertz CT molecular complexity index is 319. The second-order valence-corrected chi connectivity index (χ2v) is 3.58. The third kappa shape index (κ3) is 4.14. The molecule has 0 aliphatic heterocycles. The van der Waals surface area contributed by atoms with Crippen molar-refractivity contribution in [1.82, 2.24) is 4.98 Å². The van der Waals surface area contributed by atoms with E-state index in [2.05, 4.69) is 4.98 Å². The molecule has 0 saturated heterocycles. The fourth-order valence-corrected chi connectivity index (χ4v) is 1.45. The number of allylic oxidation sites excluding steroid dienone is 2. The van der Waals surface area contributed by atoms with E-state index in [1.54, 1.807) is 31.3 Å². The molecule has 0 aromatic carbocycles. The molecule has 0 aliphatic rings. The Labute approximate surface area is 88.7 Å². The van der Waals surface area contributed by atoms with Gasteiger partial charge in [0.2, 0.25) is 0 Å². The SMILES string of the molecule is CO/C=C/C(C)=C/Sc1ccccn1. The van der Waals surface area contributed by atoms with Gasteiger partial charge >= 0.3 is 0 Å². The van der Waals surface area contributed by atoms with E-state index in [1.807, 2.05) is 36.6 Å². The van der Waals surface area contributed by atoms with Crippen LogP contribution in [0, 0.1) is 0 Å². The van der Waals surface area contributed by atoms with Crippen molar-refractivity contribution in [3.8, 4) is 0 Å². The van der Waals surface area contributed by atoms with Crippen molar-refractivity contribution in [3.63, 3.8) is 0 Å². The van der Waals surface area contributed by atoms with E-state index in [0.717, 1.165) is 10.6 Å². The van der Waals surface area contributed by atoms with Gasteiger partial charge in [0, 0.05) is 6.20 Å². The predicted octanol–water partition coefficient (Wildman–Crippen LogP) is 3.24. The summed E-state index contributed by atoms with van der Waals surface area (Å²) in [6.45, 7) is 2.02. The molecule has 1 aromatic rings. The number of rotatable bonds is 4. The smallest absolute Gasteiger partial charge is 0.100 e. The molecule has 0 bridgehead atoms. The van der Waals surface area contributed by atoms with Crippen molar-refractivity contribution in [2.45, 2.75) is 11.9 Å². The number of hydrogen-bond donors (Lipinski definition) is 0. The zero-order chi connectivity index (χ0) is 10.2. The molecule has 0 atom stereocenters. The molecule has 3 heteroatoms. The molecule has 1 aromatic heterocycles. The number of pyridine rings is 1. The molecule has 1 heterocycles. The Morgan fingerprint density at radius 3 is 3.00 bits per heavy atom. The standard InChI is InChI=1S/C11H13NOS/c1-10(6-8-13-2)9-14-11-5-3-4-7-12-11/h3-9H,1-2H3/b8-6+,10-9+. The fourth-order valence-electron chi connectivity index (χ4n) is 0.785. The molecule has 0 amide bonds. The first-order valence-corrected chi connectivity index (χ1v) is 5.14. The monoisotopic (exact) mass is 207 g/mol. The first-order valence-electron chi connectivity index (χ1n) is 4.26. The molecule has 0 saturated carbocycles. The minimum Gasteiger partial charge on any atom is -0.504 e. The lowest BCUT2D eigenvalue weighted by atomic mass is 10.3. The number of thioether (sulfide) groups is 1. The van der Waals surface area contributed by atoms with Crippen LogP contribution in [0.1, 0.15) is 6.92 Å². The quantitative estimate of drug-likeness (QED) is 0.430. The van der Waals surface area contributed by atoms with E-state index in [1.165, 1.54) is 0 Å². The van der Waals surface area contributed by atoms with Crippen LogP contribution in [0.2, 0.25) is 0 Å². The van der Waals surface area contributed by atoms with Gasteiger partial charge in [0.05, 0.1) is 13.4 Å². The van der Waals surface area contributed by atoms with Crippen LogP contribution in [-0.2, 0) is 4.74 Å². The molecular weight excluding hydrogens is 194 g/mol. The van der Waals surface area contributed by atoms with Crippen LogP contribution in [0.4, 0.5) is 0 Å². The minimum absolute atomic E-state index is 0.998. The number of nitrogens with zero attached hydrogens (tertiary/aromatic N) is 1. The van der Waals surface area contributed by atoms with Crippen molar-refractivity contribution in [2.24, 2.45) is 0 Å². The van der Waals surface area contributed by atoms with Gasteiger partial charge in [-0.15, -0.1) is 0 Å². The van der Waals surface area contributed by atoms with Gasteiger partial charge in [-0.3, -0.25) is 0 Å². The highest BCUT2D eigenvalue weighted by Gasteiger charge is 1.89. The zero-order valence-electron chi connectivity index (χ0n) is 8.31. The maximum Gasteiger partial charge on any atom is 0.100 e. The Morgan fingerprint density at radius 1 is 1.50 bits per heavy atom. The lowest BCUT2D eigenvalue weighted by Gasteiger charge is -1.94. The van der Waals surface area contributed by atoms with Crippen LogP contribution in [0.15, 0.2) is 52.7 Å². The summed E-state index contributed by atoms with van der Waals surface area (Å²) < 4.78 is 4.82. The molecule has 0 fully saturated rings. The van der Waals surface area contributed by atoms with Crippen molar-refractivity contribution >= 4 is 11.8 Å². The molecule has 1 rings (SSSR count). The fraction of sp³-hybridized carbons (Fsp3) is 0.182. The highest BCUT2D eigenvalue weighted by molar-refractivity contribution is 8.02. The maximum absolute atomic E-state index is 4.82. The van der Waals surface area contributed by atoms with E-state index < -0.39 is 0 Å². The van der Waals surface area contributed by atoms with Gasteiger partial charge in [0.15, 0.2) is 0 Å². The van der Waals surface area contributed by atoms with Gasteiger partial charge < -0.3 is 4.74 Å². The van der Waals surface area contributed by atoms with E-state index in [0.29, 0.717) is 0 Å². The van der Waals surface area contributed by atoms with E-state index >= 15 is 0 Å². The van der Waals surface area contributed by atoms with Gasteiger partial charge in [-0.05, 0) is 36.1 Å². The van der Waals surface area contributed by atoms with Gasteiger partial charge in [-0.2, -0.15) is 0 Å². The highest BCUT2D eigenvalue weighted by Crippen LogP contribution is 2.17. The van der Waals surface area contributed by atoms with Gasteiger partial charge in [0.25, 0.3) is 0 Å². The zero-order valence-corrected chi connectivity index (χ0v) is 9.12. The number of methoxy groups -OCH3 is 1. The maximum atomic E-state index is 4.82. The first-order chi connectivity index (χ1) is 6.83. The van der Waals surface area contributed by atoms with Crippen LogP contribution in [0.25, 0.3) is 0 Å². The molecule has 0 radical (unpaired) electrons. The average Bonchev–Trinajstić information content (AvgIpc) is 2.25. The Kier molecular flexibility index (Phi) is 4.86. The van der Waals surface area contributed by atoms with Gasteiger partial charge in [-0.25, -0.2) is 4.98 Å². The number of ether oxygens (including phenoxy) is 1. The third-order valence-electron chi connectivity index (χ3n) is 1.47. The summed E-state index contributed by atoms with van der Waals surface area (Å²) in [6.07, 6.45) is 5.36. The van der Waals surface area contributed by atoms with Crippen LogP contribution in [-0.4, -0.2) is 12.1 Å². The molecule has 14 heavy (non-hydrogen) atoms. The van der Waals surface area contributed by atoms with Crippen LogP contribution in [0.5, 0.6) is 0 Å². The second kappa shape index (κ2) is 6.27. The number of aromatic nitrogens is 1. The topological polar surface area (TPSA) is 22.1 Å².